The van der Waals surface area contributed by atoms with Crippen molar-refractivity contribution in [1.82, 2.24) is 5.32 Å². The normalized spacial score (nSPS) is 14.5. The van der Waals surface area contributed by atoms with Gasteiger partial charge in [0, 0.05) is 18.5 Å². The van der Waals surface area contributed by atoms with Crippen LogP contribution in [0.5, 0.6) is 0 Å². The van der Waals surface area contributed by atoms with Crippen LogP contribution in [0.3, 0.4) is 0 Å². The van der Waals surface area contributed by atoms with Gasteiger partial charge in [-0.05, 0) is 6.42 Å². The molecule has 0 fully saturated rings. The van der Waals surface area contributed by atoms with E-state index in [1.807, 2.05) is 6.92 Å². The van der Waals surface area contributed by atoms with Crippen LogP contribution in [0, 0.1) is 0 Å². The van der Waals surface area contributed by atoms with E-state index in [1.54, 1.807) is 0 Å². The Morgan fingerprint density at radius 1 is 1.38 bits per heavy atom. The topological polar surface area (TPSA) is 12.0 Å². The van der Waals surface area contributed by atoms with Gasteiger partial charge in [-0.1, -0.05) is 13.3 Å². The molecule has 0 aromatic rings. The maximum Gasteiger partial charge on any atom is 0.390 e. The summed E-state index contributed by atoms with van der Waals surface area (Å²) in [6, 6.07) is 0. The van der Waals surface area contributed by atoms with Crippen LogP contribution in [0.2, 0.25) is 0 Å². The van der Waals surface area contributed by atoms with Gasteiger partial charge in [-0.25, -0.2) is 0 Å². The van der Waals surface area contributed by atoms with Crippen molar-refractivity contribution in [2.24, 2.45) is 0 Å². The smallest absolute Gasteiger partial charge is 0.315 e. The molecule has 1 nitrogen and oxygen atoms in total. The molecule has 0 aliphatic carbocycles. The van der Waals surface area contributed by atoms with Crippen molar-refractivity contribution in [1.29, 1.82) is 0 Å². The number of hydrogen-bond acceptors (Lipinski definition) is 1. The monoisotopic (exact) mass is 217 g/mol. The highest BCUT2D eigenvalue weighted by Crippen LogP contribution is 2.18. The lowest BCUT2D eigenvalue weighted by Crippen LogP contribution is -2.27. The number of halogens is 4. The molecular formula is C8H15ClF3N. The van der Waals surface area contributed by atoms with Gasteiger partial charge < -0.3 is 5.32 Å². The van der Waals surface area contributed by atoms with Crippen LogP contribution in [0.15, 0.2) is 0 Å². The average molecular weight is 218 g/mol. The van der Waals surface area contributed by atoms with Gasteiger partial charge in [0.15, 0.2) is 0 Å². The molecular weight excluding hydrogens is 203 g/mol. The van der Waals surface area contributed by atoms with E-state index in [-0.39, 0.29) is 11.9 Å². The van der Waals surface area contributed by atoms with Gasteiger partial charge in [0.2, 0.25) is 0 Å². The quantitative estimate of drug-likeness (QED) is 0.533. The van der Waals surface area contributed by atoms with Crippen LogP contribution in [0.1, 0.15) is 26.2 Å². The maximum atomic E-state index is 11.7. The van der Waals surface area contributed by atoms with Gasteiger partial charge in [-0.3, -0.25) is 0 Å². The molecule has 0 heterocycles. The van der Waals surface area contributed by atoms with Gasteiger partial charge in [0.25, 0.3) is 0 Å². The molecule has 0 radical (unpaired) electrons. The number of nitrogens with one attached hydrogen (secondary N) is 1. The molecule has 0 bridgehead atoms. The summed E-state index contributed by atoms with van der Waals surface area (Å²) in [5, 5.41) is 2.62. The lowest BCUT2D eigenvalue weighted by molar-refractivity contribution is -0.133. The Bertz CT molecular complexity index is 127. The van der Waals surface area contributed by atoms with Gasteiger partial charge in [0.05, 0.1) is 6.42 Å². The Labute approximate surface area is 81.6 Å². The molecule has 0 spiro atoms. The fraction of sp³-hybridized carbons (Fsp3) is 1.00. The SMILES string of the molecule is CCCC(Cl)CNCCC(F)(F)F. The Balaban J connectivity index is 3.25. The minimum absolute atomic E-state index is 0.0452. The summed E-state index contributed by atoms with van der Waals surface area (Å²) < 4.78 is 35.0. The molecule has 80 valence electrons. The van der Waals surface area contributed by atoms with Crippen molar-refractivity contribution in [3.05, 3.63) is 0 Å². The predicted molar refractivity (Wildman–Crippen MR) is 48.1 cm³/mol. The average Bonchev–Trinajstić information content (AvgIpc) is 1.97. The van der Waals surface area contributed by atoms with Crippen molar-refractivity contribution in [3.8, 4) is 0 Å². The van der Waals surface area contributed by atoms with Crippen molar-refractivity contribution in [2.75, 3.05) is 13.1 Å². The summed E-state index contributed by atoms with van der Waals surface area (Å²) in [5.74, 6) is 0. The van der Waals surface area contributed by atoms with Gasteiger partial charge in [-0.15, -0.1) is 11.6 Å². The Kier molecular flexibility index (Phi) is 6.51. The van der Waals surface area contributed by atoms with E-state index in [1.165, 1.54) is 0 Å². The zero-order chi connectivity index (χ0) is 10.3. The van der Waals surface area contributed by atoms with Crippen LogP contribution in [-0.4, -0.2) is 24.6 Å². The van der Waals surface area contributed by atoms with E-state index in [2.05, 4.69) is 5.32 Å². The molecule has 0 aromatic carbocycles. The summed E-state index contributed by atoms with van der Waals surface area (Å²) in [4.78, 5) is 0. The largest absolute Gasteiger partial charge is 0.390 e. The summed E-state index contributed by atoms with van der Waals surface area (Å²) in [6.07, 6.45) is -3.07. The summed E-state index contributed by atoms with van der Waals surface area (Å²) in [5.41, 5.74) is 0. The molecule has 0 amide bonds. The van der Waals surface area contributed by atoms with E-state index in [0.717, 1.165) is 12.8 Å². The standard InChI is InChI=1S/C8H15ClF3N/c1-2-3-7(9)6-13-5-4-8(10,11)12/h7,13H,2-6H2,1H3. The fourth-order valence-corrected chi connectivity index (χ4v) is 1.23. The third-order valence-corrected chi connectivity index (χ3v) is 1.93. The highest BCUT2D eigenvalue weighted by atomic mass is 35.5. The van der Waals surface area contributed by atoms with Crippen molar-refractivity contribution in [2.45, 2.75) is 37.7 Å². The number of hydrogen-bond donors (Lipinski definition) is 1. The molecule has 1 atom stereocenters. The second kappa shape index (κ2) is 6.49. The molecule has 0 saturated heterocycles. The van der Waals surface area contributed by atoms with Crippen molar-refractivity contribution >= 4 is 11.6 Å². The first-order valence-electron chi connectivity index (χ1n) is 4.37. The van der Waals surface area contributed by atoms with E-state index >= 15 is 0 Å². The first-order valence-corrected chi connectivity index (χ1v) is 4.81. The summed E-state index contributed by atoms with van der Waals surface area (Å²) in [6.45, 7) is 2.40. The number of alkyl halides is 4. The minimum Gasteiger partial charge on any atom is -0.315 e. The molecule has 1 unspecified atom stereocenters. The fourth-order valence-electron chi connectivity index (χ4n) is 0.904. The molecule has 1 N–H and O–H groups in total. The zero-order valence-corrected chi connectivity index (χ0v) is 8.38. The predicted octanol–water partition coefficient (Wildman–Crippen LogP) is 2.94. The third-order valence-electron chi connectivity index (χ3n) is 1.55. The molecule has 5 heteroatoms. The Hall–Kier alpha value is 0.0400. The second-order valence-electron chi connectivity index (χ2n) is 2.96. The van der Waals surface area contributed by atoms with Crippen LogP contribution < -0.4 is 5.32 Å². The minimum atomic E-state index is -4.07. The van der Waals surface area contributed by atoms with Gasteiger partial charge >= 0.3 is 6.18 Å². The Morgan fingerprint density at radius 2 is 2.00 bits per heavy atom. The van der Waals surface area contributed by atoms with E-state index in [9.17, 15) is 13.2 Å². The zero-order valence-electron chi connectivity index (χ0n) is 7.62. The van der Waals surface area contributed by atoms with Gasteiger partial charge in [0.1, 0.15) is 0 Å². The second-order valence-corrected chi connectivity index (χ2v) is 3.57. The van der Waals surface area contributed by atoms with E-state index < -0.39 is 12.6 Å². The molecule has 0 aliphatic rings. The first-order chi connectivity index (χ1) is 5.95. The molecule has 0 saturated carbocycles. The lowest BCUT2D eigenvalue weighted by atomic mass is 10.2. The van der Waals surface area contributed by atoms with Crippen molar-refractivity contribution in [3.63, 3.8) is 0 Å². The molecule has 0 aliphatic heterocycles. The number of rotatable bonds is 6. The Morgan fingerprint density at radius 3 is 2.46 bits per heavy atom. The summed E-state index contributed by atoms with van der Waals surface area (Å²) in [7, 11) is 0. The van der Waals surface area contributed by atoms with Gasteiger partial charge in [-0.2, -0.15) is 13.2 Å². The highest BCUT2D eigenvalue weighted by Gasteiger charge is 2.25. The third kappa shape index (κ3) is 9.96. The van der Waals surface area contributed by atoms with E-state index in [0.29, 0.717) is 6.54 Å². The molecule has 13 heavy (non-hydrogen) atoms. The summed E-state index contributed by atoms with van der Waals surface area (Å²) >= 11 is 5.79. The first kappa shape index (κ1) is 13.0. The van der Waals surface area contributed by atoms with E-state index in [4.69, 9.17) is 11.6 Å². The van der Waals surface area contributed by atoms with Crippen LogP contribution in [0.4, 0.5) is 13.2 Å². The molecule has 0 rings (SSSR count). The van der Waals surface area contributed by atoms with Crippen LogP contribution >= 0.6 is 11.6 Å². The maximum absolute atomic E-state index is 11.7. The van der Waals surface area contributed by atoms with Crippen LogP contribution in [-0.2, 0) is 0 Å². The highest BCUT2D eigenvalue weighted by molar-refractivity contribution is 6.20. The lowest BCUT2D eigenvalue weighted by Gasteiger charge is -2.10. The van der Waals surface area contributed by atoms with Crippen molar-refractivity contribution < 1.29 is 13.2 Å². The molecule has 0 aromatic heterocycles. The van der Waals surface area contributed by atoms with Crippen LogP contribution in [0.25, 0.3) is 0 Å².